The number of carboxylic acids is 1. The van der Waals surface area contributed by atoms with Gasteiger partial charge in [0, 0.05) is 5.69 Å². The molecule has 0 heterocycles. The van der Waals surface area contributed by atoms with Crippen LogP contribution in [-0.2, 0) is 16.1 Å². The molecule has 4 heteroatoms. The number of nitrogen functional groups attached to an aromatic ring is 1. The average Bonchev–Trinajstić information content (AvgIpc) is 2.16. The number of anilines is 1. The number of nitrogens with two attached hydrogens (primary N) is 1. The Morgan fingerprint density at radius 2 is 2.07 bits per heavy atom. The number of benzene rings is 1. The predicted molar refractivity (Wildman–Crippen MR) is 52.7 cm³/mol. The molecule has 0 aromatic heterocycles. The second kappa shape index (κ2) is 4.62. The van der Waals surface area contributed by atoms with E-state index in [1.54, 1.807) is 12.1 Å². The van der Waals surface area contributed by atoms with Gasteiger partial charge in [-0.3, -0.25) is 0 Å². The summed E-state index contributed by atoms with van der Waals surface area (Å²) in [5.41, 5.74) is 7.09. The third kappa shape index (κ3) is 3.06. The second-order valence-electron chi connectivity index (χ2n) is 3.03. The van der Waals surface area contributed by atoms with Crippen molar-refractivity contribution in [3.8, 4) is 0 Å². The van der Waals surface area contributed by atoms with E-state index in [-0.39, 0.29) is 6.61 Å². The van der Waals surface area contributed by atoms with Crippen molar-refractivity contribution in [3.63, 3.8) is 0 Å². The lowest BCUT2D eigenvalue weighted by Crippen LogP contribution is -2.19. The number of hydrogen-bond acceptors (Lipinski definition) is 3. The van der Waals surface area contributed by atoms with E-state index in [2.05, 4.69) is 0 Å². The molecule has 0 spiro atoms. The Kier molecular flexibility index (Phi) is 3.48. The standard InChI is InChI=1S/C10H13NO3/c1-7(10(12)13)14-6-8-2-4-9(11)5-3-8/h2-5,7H,6,11H2,1H3,(H,12,13). The van der Waals surface area contributed by atoms with Gasteiger partial charge in [-0.1, -0.05) is 12.1 Å². The minimum Gasteiger partial charge on any atom is -0.479 e. The summed E-state index contributed by atoms with van der Waals surface area (Å²) in [4.78, 5) is 10.4. The van der Waals surface area contributed by atoms with Crippen LogP contribution in [0.25, 0.3) is 0 Å². The first-order valence-electron chi connectivity index (χ1n) is 4.28. The maximum absolute atomic E-state index is 10.4. The first kappa shape index (κ1) is 10.5. The average molecular weight is 195 g/mol. The van der Waals surface area contributed by atoms with Crippen LogP contribution in [-0.4, -0.2) is 17.2 Å². The fourth-order valence-electron chi connectivity index (χ4n) is 0.906. The van der Waals surface area contributed by atoms with Crippen LogP contribution >= 0.6 is 0 Å². The molecule has 0 aliphatic carbocycles. The zero-order valence-corrected chi connectivity index (χ0v) is 7.93. The molecular weight excluding hydrogens is 182 g/mol. The number of carbonyl (C=O) groups is 1. The topological polar surface area (TPSA) is 72.5 Å². The van der Waals surface area contributed by atoms with Gasteiger partial charge in [-0.2, -0.15) is 0 Å². The van der Waals surface area contributed by atoms with E-state index >= 15 is 0 Å². The van der Waals surface area contributed by atoms with Crippen molar-refractivity contribution in [2.45, 2.75) is 19.6 Å². The molecule has 1 aromatic rings. The van der Waals surface area contributed by atoms with Crippen LogP contribution in [0.1, 0.15) is 12.5 Å². The molecule has 0 saturated carbocycles. The van der Waals surface area contributed by atoms with Crippen molar-refractivity contribution >= 4 is 11.7 Å². The maximum Gasteiger partial charge on any atom is 0.332 e. The molecule has 0 fully saturated rings. The lowest BCUT2D eigenvalue weighted by Gasteiger charge is -2.08. The monoisotopic (exact) mass is 195 g/mol. The Balaban J connectivity index is 2.46. The highest BCUT2D eigenvalue weighted by atomic mass is 16.5. The van der Waals surface area contributed by atoms with Crippen LogP contribution in [0.5, 0.6) is 0 Å². The molecule has 1 unspecified atom stereocenters. The normalized spacial score (nSPS) is 12.4. The predicted octanol–water partition coefficient (Wildman–Crippen LogP) is 1.26. The van der Waals surface area contributed by atoms with E-state index in [0.29, 0.717) is 5.69 Å². The summed E-state index contributed by atoms with van der Waals surface area (Å²) in [6, 6.07) is 7.13. The van der Waals surface area contributed by atoms with Crippen LogP contribution in [0, 0.1) is 0 Å². The van der Waals surface area contributed by atoms with Gasteiger partial charge < -0.3 is 15.6 Å². The van der Waals surface area contributed by atoms with Crippen molar-refractivity contribution in [3.05, 3.63) is 29.8 Å². The van der Waals surface area contributed by atoms with Gasteiger partial charge in [-0.25, -0.2) is 4.79 Å². The van der Waals surface area contributed by atoms with Gasteiger partial charge >= 0.3 is 5.97 Å². The van der Waals surface area contributed by atoms with E-state index in [0.717, 1.165) is 5.56 Å². The molecule has 4 nitrogen and oxygen atoms in total. The van der Waals surface area contributed by atoms with E-state index < -0.39 is 12.1 Å². The smallest absolute Gasteiger partial charge is 0.332 e. The van der Waals surface area contributed by atoms with E-state index in [9.17, 15) is 4.79 Å². The Labute approximate surface area is 82.3 Å². The van der Waals surface area contributed by atoms with Crippen LogP contribution in [0.2, 0.25) is 0 Å². The molecule has 0 aliphatic rings. The lowest BCUT2D eigenvalue weighted by atomic mass is 10.2. The summed E-state index contributed by atoms with van der Waals surface area (Å²) < 4.78 is 5.09. The summed E-state index contributed by atoms with van der Waals surface area (Å²) in [5, 5.41) is 8.56. The molecule has 1 rings (SSSR count). The van der Waals surface area contributed by atoms with Crippen molar-refractivity contribution in [1.29, 1.82) is 0 Å². The third-order valence-corrected chi connectivity index (χ3v) is 1.83. The van der Waals surface area contributed by atoms with Gasteiger partial charge in [-0.15, -0.1) is 0 Å². The van der Waals surface area contributed by atoms with E-state index in [4.69, 9.17) is 15.6 Å². The summed E-state index contributed by atoms with van der Waals surface area (Å²) in [6.45, 7) is 1.79. The lowest BCUT2D eigenvalue weighted by molar-refractivity contribution is -0.149. The highest BCUT2D eigenvalue weighted by Gasteiger charge is 2.10. The van der Waals surface area contributed by atoms with E-state index in [1.165, 1.54) is 6.92 Å². The van der Waals surface area contributed by atoms with Crippen LogP contribution in [0.4, 0.5) is 5.69 Å². The van der Waals surface area contributed by atoms with Gasteiger partial charge in [-0.05, 0) is 24.6 Å². The van der Waals surface area contributed by atoms with Crippen LogP contribution in [0.3, 0.4) is 0 Å². The fourth-order valence-corrected chi connectivity index (χ4v) is 0.906. The molecule has 76 valence electrons. The molecule has 1 atom stereocenters. The molecule has 0 amide bonds. The fraction of sp³-hybridized carbons (Fsp3) is 0.300. The largest absolute Gasteiger partial charge is 0.479 e. The number of rotatable bonds is 4. The van der Waals surface area contributed by atoms with Crippen molar-refractivity contribution in [2.75, 3.05) is 5.73 Å². The zero-order valence-electron chi connectivity index (χ0n) is 7.93. The Bertz CT molecular complexity index is 308. The van der Waals surface area contributed by atoms with E-state index in [1.807, 2.05) is 12.1 Å². The Morgan fingerprint density at radius 3 is 2.57 bits per heavy atom. The third-order valence-electron chi connectivity index (χ3n) is 1.83. The van der Waals surface area contributed by atoms with Crippen molar-refractivity contribution in [2.24, 2.45) is 0 Å². The maximum atomic E-state index is 10.4. The zero-order chi connectivity index (χ0) is 10.6. The molecule has 0 aliphatic heterocycles. The Morgan fingerprint density at radius 1 is 1.50 bits per heavy atom. The van der Waals surface area contributed by atoms with Gasteiger partial charge in [0.05, 0.1) is 6.61 Å². The summed E-state index contributed by atoms with van der Waals surface area (Å²) in [6.07, 6.45) is -0.785. The summed E-state index contributed by atoms with van der Waals surface area (Å²) >= 11 is 0. The molecule has 0 bridgehead atoms. The number of ether oxygens (including phenoxy) is 1. The first-order valence-corrected chi connectivity index (χ1v) is 4.28. The Hall–Kier alpha value is -1.55. The molecular formula is C10H13NO3. The SMILES string of the molecule is CC(OCc1ccc(N)cc1)C(=O)O. The van der Waals surface area contributed by atoms with Crippen molar-refractivity contribution < 1.29 is 14.6 Å². The quantitative estimate of drug-likeness (QED) is 0.709. The molecule has 14 heavy (non-hydrogen) atoms. The molecule has 3 N–H and O–H groups in total. The minimum atomic E-state index is -0.958. The number of hydrogen-bond donors (Lipinski definition) is 2. The second-order valence-corrected chi connectivity index (χ2v) is 3.03. The summed E-state index contributed by atoms with van der Waals surface area (Å²) in [7, 11) is 0. The highest BCUT2D eigenvalue weighted by Crippen LogP contribution is 2.07. The highest BCUT2D eigenvalue weighted by molar-refractivity contribution is 5.71. The van der Waals surface area contributed by atoms with Gasteiger partial charge in [0.15, 0.2) is 6.10 Å². The summed E-state index contributed by atoms with van der Waals surface area (Å²) in [5.74, 6) is -0.958. The van der Waals surface area contributed by atoms with Gasteiger partial charge in [0.2, 0.25) is 0 Å². The molecule has 0 radical (unpaired) electrons. The molecule has 0 saturated heterocycles. The first-order chi connectivity index (χ1) is 6.59. The van der Waals surface area contributed by atoms with Crippen LogP contribution in [0.15, 0.2) is 24.3 Å². The minimum absolute atomic E-state index is 0.285. The van der Waals surface area contributed by atoms with Crippen LogP contribution < -0.4 is 5.73 Å². The van der Waals surface area contributed by atoms with Crippen molar-refractivity contribution in [1.82, 2.24) is 0 Å². The number of aliphatic carboxylic acids is 1. The molecule has 1 aromatic carbocycles. The van der Waals surface area contributed by atoms with Gasteiger partial charge in [0.25, 0.3) is 0 Å². The number of carboxylic acid groups (broad SMARTS) is 1. The van der Waals surface area contributed by atoms with Gasteiger partial charge in [0.1, 0.15) is 0 Å².